The van der Waals surface area contributed by atoms with E-state index in [1.54, 1.807) is 6.92 Å². The molecule has 0 radical (unpaired) electrons. The minimum absolute atomic E-state index is 0.794. The van der Waals surface area contributed by atoms with Crippen molar-refractivity contribution >= 4 is 5.97 Å². The number of aliphatic carboxylic acids is 1. The van der Waals surface area contributed by atoms with Crippen LogP contribution in [0.15, 0.2) is 36.9 Å². The van der Waals surface area contributed by atoms with Gasteiger partial charge in [0.25, 0.3) is 0 Å². The minimum Gasteiger partial charge on any atom is -0.480 e. The van der Waals surface area contributed by atoms with E-state index in [4.69, 9.17) is 5.11 Å². The molecule has 14 heavy (non-hydrogen) atoms. The van der Waals surface area contributed by atoms with E-state index in [0.717, 1.165) is 11.1 Å². The van der Waals surface area contributed by atoms with Gasteiger partial charge in [-0.05, 0) is 25.0 Å². The lowest BCUT2D eigenvalue weighted by Crippen LogP contribution is -2.30. The van der Waals surface area contributed by atoms with Crippen LogP contribution in [-0.4, -0.2) is 11.1 Å². The van der Waals surface area contributed by atoms with Crippen LogP contribution in [0.25, 0.3) is 0 Å². The molecule has 1 unspecified atom stereocenters. The van der Waals surface area contributed by atoms with Gasteiger partial charge in [-0.15, -0.1) is 6.58 Å². The normalized spacial score (nSPS) is 14.4. The summed E-state index contributed by atoms with van der Waals surface area (Å²) in [6, 6.07) is 7.46. The lowest BCUT2D eigenvalue weighted by Gasteiger charge is -2.22. The molecule has 0 bridgehead atoms. The summed E-state index contributed by atoms with van der Waals surface area (Å²) in [4.78, 5) is 11.1. The first-order chi connectivity index (χ1) is 6.52. The molecule has 2 nitrogen and oxygen atoms in total. The van der Waals surface area contributed by atoms with Crippen LogP contribution in [0.2, 0.25) is 0 Å². The van der Waals surface area contributed by atoms with Crippen molar-refractivity contribution in [3.63, 3.8) is 0 Å². The summed E-state index contributed by atoms with van der Waals surface area (Å²) in [7, 11) is 0. The van der Waals surface area contributed by atoms with Gasteiger partial charge in [-0.3, -0.25) is 4.79 Å². The predicted molar refractivity (Wildman–Crippen MR) is 56.4 cm³/mol. The highest BCUT2D eigenvalue weighted by Crippen LogP contribution is 2.27. The maximum absolute atomic E-state index is 11.1. The Balaban J connectivity index is 3.33. The summed E-state index contributed by atoms with van der Waals surface area (Å²) in [6.07, 6.45) is 1.47. The largest absolute Gasteiger partial charge is 0.480 e. The van der Waals surface area contributed by atoms with Gasteiger partial charge in [0, 0.05) is 0 Å². The van der Waals surface area contributed by atoms with Gasteiger partial charge in [0.15, 0.2) is 0 Å². The van der Waals surface area contributed by atoms with E-state index in [-0.39, 0.29) is 0 Å². The van der Waals surface area contributed by atoms with E-state index < -0.39 is 11.4 Å². The summed E-state index contributed by atoms with van der Waals surface area (Å²) in [5, 5.41) is 9.14. The zero-order chi connectivity index (χ0) is 10.8. The van der Waals surface area contributed by atoms with Crippen LogP contribution >= 0.6 is 0 Å². The maximum atomic E-state index is 11.1. The molecule has 1 aromatic rings. The number of benzene rings is 1. The van der Waals surface area contributed by atoms with Crippen molar-refractivity contribution in [2.45, 2.75) is 19.3 Å². The molecular weight excluding hydrogens is 176 g/mol. The van der Waals surface area contributed by atoms with E-state index >= 15 is 0 Å². The third-order valence-electron chi connectivity index (χ3n) is 2.56. The second-order valence-electron chi connectivity index (χ2n) is 3.53. The lowest BCUT2D eigenvalue weighted by molar-refractivity contribution is -0.141. The first kappa shape index (κ1) is 10.5. The summed E-state index contributed by atoms with van der Waals surface area (Å²) in [5.74, 6) is -0.873. The Kier molecular flexibility index (Phi) is 2.75. The Bertz CT molecular complexity index is 368. The SMILES string of the molecule is C=CC(C)(C(=O)O)c1ccccc1C. The molecule has 0 aromatic heterocycles. The molecule has 0 amide bonds. The number of carbonyl (C=O) groups is 1. The third kappa shape index (κ3) is 1.55. The summed E-state index contributed by atoms with van der Waals surface area (Å²) >= 11 is 0. The van der Waals surface area contributed by atoms with E-state index in [1.807, 2.05) is 31.2 Å². The summed E-state index contributed by atoms with van der Waals surface area (Å²) < 4.78 is 0. The second kappa shape index (κ2) is 3.66. The molecule has 0 saturated heterocycles. The molecule has 0 fully saturated rings. The maximum Gasteiger partial charge on any atom is 0.317 e. The van der Waals surface area contributed by atoms with Gasteiger partial charge in [-0.2, -0.15) is 0 Å². The highest BCUT2D eigenvalue weighted by molar-refractivity contribution is 5.83. The minimum atomic E-state index is -0.995. The quantitative estimate of drug-likeness (QED) is 0.743. The van der Waals surface area contributed by atoms with Crippen LogP contribution in [0.1, 0.15) is 18.1 Å². The Morgan fingerprint density at radius 2 is 2.07 bits per heavy atom. The van der Waals surface area contributed by atoms with Crippen LogP contribution in [0.5, 0.6) is 0 Å². The number of carboxylic acids is 1. The number of hydrogen-bond donors (Lipinski definition) is 1. The molecule has 0 aliphatic heterocycles. The molecule has 0 saturated carbocycles. The Morgan fingerprint density at radius 3 is 2.50 bits per heavy atom. The molecule has 1 atom stereocenters. The van der Waals surface area contributed by atoms with Crippen LogP contribution in [0.4, 0.5) is 0 Å². The van der Waals surface area contributed by atoms with Gasteiger partial charge in [-0.25, -0.2) is 0 Å². The van der Waals surface area contributed by atoms with Crippen molar-refractivity contribution in [1.29, 1.82) is 0 Å². The van der Waals surface area contributed by atoms with Crippen molar-refractivity contribution in [1.82, 2.24) is 0 Å². The highest BCUT2D eigenvalue weighted by atomic mass is 16.4. The number of aryl methyl sites for hydroxylation is 1. The van der Waals surface area contributed by atoms with E-state index in [0.29, 0.717) is 0 Å². The van der Waals surface area contributed by atoms with Gasteiger partial charge >= 0.3 is 5.97 Å². The standard InChI is InChI=1S/C12H14O2/c1-4-12(3,11(13)14)10-8-6-5-7-9(10)2/h4-8H,1H2,2-3H3,(H,13,14). The van der Waals surface area contributed by atoms with Crippen LogP contribution in [0, 0.1) is 6.92 Å². The highest BCUT2D eigenvalue weighted by Gasteiger charge is 2.32. The van der Waals surface area contributed by atoms with E-state index in [9.17, 15) is 4.79 Å². The fourth-order valence-electron chi connectivity index (χ4n) is 1.47. The van der Waals surface area contributed by atoms with Crippen LogP contribution in [-0.2, 0) is 10.2 Å². The van der Waals surface area contributed by atoms with Crippen molar-refractivity contribution in [2.24, 2.45) is 0 Å². The zero-order valence-corrected chi connectivity index (χ0v) is 8.45. The van der Waals surface area contributed by atoms with Crippen molar-refractivity contribution < 1.29 is 9.90 Å². The lowest BCUT2D eigenvalue weighted by atomic mass is 9.80. The fraction of sp³-hybridized carbons (Fsp3) is 0.250. The topological polar surface area (TPSA) is 37.3 Å². The second-order valence-corrected chi connectivity index (χ2v) is 3.53. The third-order valence-corrected chi connectivity index (χ3v) is 2.56. The molecule has 0 aliphatic carbocycles. The Hall–Kier alpha value is -1.57. The van der Waals surface area contributed by atoms with E-state index in [1.165, 1.54) is 6.08 Å². The Morgan fingerprint density at radius 1 is 1.50 bits per heavy atom. The van der Waals surface area contributed by atoms with Crippen molar-refractivity contribution in [3.8, 4) is 0 Å². The van der Waals surface area contributed by atoms with Crippen molar-refractivity contribution in [2.75, 3.05) is 0 Å². The average Bonchev–Trinajstić information content (AvgIpc) is 2.17. The number of carboxylic acid groups (broad SMARTS) is 1. The van der Waals surface area contributed by atoms with E-state index in [2.05, 4.69) is 6.58 Å². The molecule has 1 aromatic carbocycles. The molecule has 1 N–H and O–H groups in total. The van der Waals surface area contributed by atoms with Gasteiger partial charge in [0.05, 0.1) is 0 Å². The zero-order valence-electron chi connectivity index (χ0n) is 8.45. The Labute approximate surface area is 83.9 Å². The monoisotopic (exact) mass is 190 g/mol. The van der Waals surface area contributed by atoms with Crippen molar-refractivity contribution in [3.05, 3.63) is 48.0 Å². The first-order valence-corrected chi connectivity index (χ1v) is 4.45. The van der Waals surface area contributed by atoms with Crippen LogP contribution < -0.4 is 0 Å². The summed E-state index contributed by atoms with van der Waals surface area (Å²) in [6.45, 7) is 7.15. The molecule has 2 heteroatoms. The molecular formula is C12H14O2. The smallest absolute Gasteiger partial charge is 0.317 e. The summed E-state index contributed by atoms with van der Waals surface area (Å²) in [5.41, 5.74) is 0.769. The van der Waals surface area contributed by atoms with Gasteiger partial charge in [0.2, 0.25) is 0 Å². The molecule has 1 rings (SSSR count). The molecule has 0 aliphatic rings. The van der Waals surface area contributed by atoms with Gasteiger partial charge in [-0.1, -0.05) is 30.3 Å². The molecule has 74 valence electrons. The molecule has 0 spiro atoms. The fourth-order valence-corrected chi connectivity index (χ4v) is 1.47. The molecule has 0 heterocycles. The predicted octanol–water partition coefficient (Wildman–Crippen LogP) is 2.52. The van der Waals surface area contributed by atoms with Gasteiger partial charge < -0.3 is 5.11 Å². The first-order valence-electron chi connectivity index (χ1n) is 4.45. The van der Waals surface area contributed by atoms with Crippen LogP contribution in [0.3, 0.4) is 0 Å². The number of rotatable bonds is 3. The number of hydrogen-bond acceptors (Lipinski definition) is 1. The van der Waals surface area contributed by atoms with Gasteiger partial charge in [0.1, 0.15) is 5.41 Å². The average molecular weight is 190 g/mol.